The van der Waals surface area contributed by atoms with Crippen LogP contribution in [0.25, 0.3) is 11.0 Å². The third kappa shape index (κ3) is 1.39. The Bertz CT molecular complexity index is 474. The van der Waals surface area contributed by atoms with Crippen LogP contribution in [-0.4, -0.2) is 9.55 Å². The topological polar surface area (TPSA) is 17.8 Å². The number of para-hydroxylation sites is 1. The molecular weight excluding hydrogens is 219 g/mol. The van der Waals surface area contributed by atoms with Crippen molar-refractivity contribution in [3.05, 3.63) is 29.0 Å². The van der Waals surface area contributed by atoms with Gasteiger partial charge in [0.15, 0.2) is 0 Å². The lowest BCUT2D eigenvalue weighted by Gasteiger charge is -2.03. The number of imidazole rings is 1. The fraction of sp³-hybridized carbons (Fsp3) is 0.300. The van der Waals surface area contributed by atoms with Gasteiger partial charge in [-0.15, -0.1) is 11.6 Å². The van der Waals surface area contributed by atoms with E-state index in [1.807, 2.05) is 36.7 Å². The Morgan fingerprint density at radius 1 is 1.43 bits per heavy atom. The van der Waals surface area contributed by atoms with E-state index in [1.54, 1.807) is 0 Å². The molecule has 4 heteroatoms. The van der Waals surface area contributed by atoms with E-state index in [4.69, 9.17) is 23.2 Å². The van der Waals surface area contributed by atoms with E-state index in [1.165, 1.54) is 0 Å². The molecule has 2 rings (SSSR count). The first-order valence-corrected chi connectivity index (χ1v) is 5.17. The van der Waals surface area contributed by atoms with Gasteiger partial charge in [-0.25, -0.2) is 4.98 Å². The van der Waals surface area contributed by atoms with Crippen LogP contribution in [0.2, 0.25) is 5.02 Å². The lowest BCUT2D eigenvalue weighted by molar-refractivity contribution is 0.812. The van der Waals surface area contributed by atoms with Crippen LogP contribution in [0.4, 0.5) is 0 Å². The van der Waals surface area contributed by atoms with E-state index in [2.05, 4.69) is 4.98 Å². The monoisotopic (exact) mass is 228 g/mol. The Labute approximate surface area is 92.5 Å². The number of hydrogen-bond donors (Lipinski definition) is 0. The zero-order valence-corrected chi connectivity index (χ0v) is 9.47. The van der Waals surface area contributed by atoms with Crippen molar-refractivity contribution in [3.63, 3.8) is 0 Å². The van der Waals surface area contributed by atoms with Crippen LogP contribution in [0.5, 0.6) is 0 Å². The number of aryl methyl sites for hydroxylation is 1. The van der Waals surface area contributed by atoms with Crippen molar-refractivity contribution in [1.29, 1.82) is 0 Å². The molecule has 0 aliphatic carbocycles. The zero-order chi connectivity index (χ0) is 10.3. The quantitative estimate of drug-likeness (QED) is 0.684. The fourth-order valence-electron chi connectivity index (χ4n) is 1.59. The third-order valence-electron chi connectivity index (χ3n) is 2.24. The number of rotatable bonds is 1. The predicted molar refractivity (Wildman–Crippen MR) is 60.0 cm³/mol. The molecule has 0 radical (unpaired) electrons. The summed E-state index contributed by atoms with van der Waals surface area (Å²) in [5, 5.41) is 0.601. The second kappa shape index (κ2) is 3.44. The van der Waals surface area contributed by atoms with Crippen molar-refractivity contribution >= 4 is 34.2 Å². The van der Waals surface area contributed by atoms with Crippen LogP contribution in [0.1, 0.15) is 18.1 Å². The Morgan fingerprint density at radius 3 is 2.71 bits per heavy atom. The molecule has 0 N–H and O–H groups in total. The highest BCUT2D eigenvalue weighted by molar-refractivity contribution is 6.35. The van der Waals surface area contributed by atoms with Gasteiger partial charge in [-0.05, 0) is 19.1 Å². The molecule has 1 aromatic heterocycles. The Hall–Kier alpha value is -0.730. The smallest absolute Gasteiger partial charge is 0.127 e. The summed E-state index contributed by atoms with van der Waals surface area (Å²) in [6.07, 6.45) is 0. The van der Waals surface area contributed by atoms with E-state index in [-0.39, 0.29) is 5.38 Å². The number of fused-ring (bicyclic) bond motifs is 1. The number of hydrogen-bond acceptors (Lipinski definition) is 1. The Kier molecular flexibility index (Phi) is 2.41. The van der Waals surface area contributed by atoms with Crippen molar-refractivity contribution < 1.29 is 0 Å². The minimum Gasteiger partial charge on any atom is -0.329 e. The molecule has 1 heterocycles. The molecule has 0 spiro atoms. The average molecular weight is 229 g/mol. The predicted octanol–water partition coefficient (Wildman–Crippen LogP) is 3.53. The number of alkyl halides is 1. The first-order valence-electron chi connectivity index (χ1n) is 4.36. The van der Waals surface area contributed by atoms with Gasteiger partial charge in [-0.2, -0.15) is 0 Å². The summed E-state index contributed by atoms with van der Waals surface area (Å²) in [6.45, 7) is 1.90. The maximum Gasteiger partial charge on any atom is 0.127 e. The standard InChI is InChI=1S/C10H10Cl2N2/c1-6(11)10-13-8-5-3-4-7(12)9(8)14(10)2/h3-6H,1-2H3. The molecule has 2 nitrogen and oxygen atoms in total. The third-order valence-corrected chi connectivity index (χ3v) is 2.74. The highest BCUT2D eigenvalue weighted by Gasteiger charge is 2.13. The first kappa shape index (κ1) is 9.81. The number of benzene rings is 1. The summed E-state index contributed by atoms with van der Waals surface area (Å²) in [5.74, 6) is 0.842. The molecule has 0 saturated heterocycles. The Morgan fingerprint density at radius 2 is 2.14 bits per heavy atom. The van der Waals surface area contributed by atoms with Crippen molar-refractivity contribution in [2.24, 2.45) is 7.05 Å². The van der Waals surface area contributed by atoms with E-state index in [0.717, 1.165) is 16.9 Å². The van der Waals surface area contributed by atoms with E-state index < -0.39 is 0 Å². The molecule has 1 aromatic carbocycles. The van der Waals surface area contributed by atoms with E-state index in [0.29, 0.717) is 5.02 Å². The SMILES string of the molecule is CC(Cl)c1nc2cccc(Cl)c2n1C. The van der Waals surface area contributed by atoms with Crippen molar-refractivity contribution in [1.82, 2.24) is 9.55 Å². The molecule has 1 atom stereocenters. The van der Waals surface area contributed by atoms with E-state index >= 15 is 0 Å². The van der Waals surface area contributed by atoms with Crippen LogP contribution in [-0.2, 0) is 7.05 Å². The molecule has 0 amide bonds. The van der Waals surface area contributed by atoms with Gasteiger partial charge in [0.2, 0.25) is 0 Å². The molecular formula is C10H10Cl2N2. The van der Waals surface area contributed by atoms with Crippen LogP contribution in [0.15, 0.2) is 18.2 Å². The van der Waals surface area contributed by atoms with Gasteiger partial charge in [0.05, 0.1) is 21.4 Å². The second-order valence-corrected chi connectivity index (χ2v) is 4.31. The lowest BCUT2D eigenvalue weighted by atomic mass is 10.3. The molecule has 0 saturated carbocycles. The molecule has 1 unspecified atom stereocenters. The molecule has 0 bridgehead atoms. The van der Waals surface area contributed by atoms with Crippen LogP contribution in [0, 0.1) is 0 Å². The van der Waals surface area contributed by atoms with Crippen LogP contribution in [0.3, 0.4) is 0 Å². The normalized spacial score (nSPS) is 13.4. The van der Waals surface area contributed by atoms with Gasteiger partial charge >= 0.3 is 0 Å². The largest absolute Gasteiger partial charge is 0.329 e. The lowest BCUT2D eigenvalue weighted by Crippen LogP contribution is -1.97. The van der Waals surface area contributed by atoms with Gasteiger partial charge in [-0.3, -0.25) is 0 Å². The second-order valence-electron chi connectivity index (χ2n) is 3.25. The molecule has 74 valence electrons. The summed E-state index contributed by atoms with van der Waals surface area (Å²) in [7, 11) is 1.93. The minimum absolute atomic E-state index is 0.108. The summed E-state index contributed by atoms with van der Waals surface area (Å²) in [5.41, 5.74) is 1.83. The van der Waals surface area contributed by atoms with Gasteiger partial charge < -0.3 is 4.57 Å². The number of nitrogens with zero attached hydrogens (tertiary/aromatic N) is 2. The Balaban J connectivity index is 2.81. The van der Waals surface area contributed by atoms with Crippen molar-refractivity contribution in [2.75, 3.05) is 0 Å². The van der Waals surface area contributed by atoms with Gasteiger partial charge in [0, 0.05) is 7.05 Å². The average Bonchev–Trinajstić information content (AvgIpc) is 2.45. The van der Waals surface area contributed by atoms with Crippen LogP contribution >= 0.6 is 23.2 Å². The summed E-state index contributed by atoms with van der Waals surface area (Å²) >= 11 is 12.1. The summed E-state index contributed by atoms with van der Waals surface area (Å²) in [4.78, 5) is 4.42. The highest BCUT2D eigenvalue weighted by atomic mass is 35.5. The van der Waals surface area contributed by atoms with E-state index in [9.17, 15) is 0 Å². The molecule has 14 heavy (non-hydrogen) atoms. The molecule has 0 fully saturated rings. The molecule has 2 aromatic rings. The number of aromatic nitrogens is 2. The fourth-order valence-corrected chi connectivity index (χ4v) is 2.09. The maximum atomic E-state index is 6.08. The van der Waals surface area contributed by atoms with Crippen LogP contribution < -0.4 is 0 Å². The highest BCUT2D eigenvalue weighted by Crippen LogP contribution is 2.27. The van der Waals surface area contributed by atoms with Gasteiger partial charge in [-0.1, -0.05) is 17.7 Å². The van der Waals surface area contributed by atoms with Gasteiger partial charge in [0.1, 0.15) is 5.82 Å². The van der Waals surface area contributed by atoms with Crippen molar-refractivity contribution in [2.45, 2.75) is 12.3 Å². The maximum absolute atomic E-state index is 6.08. The first-order chi connectivity index (χ1) is 6.61. The number of halogens is 2. The minimum atomic E-state index is -0.108. The summed E-state index contributed by atoms with van der Waals surface area (Å²) in [6, 6.07) is 5.68. The van der Waals surface area contributed by atoms with Gasteiger partial charge in [0.25, 0.3) is 0 Å². The van der Waals surface area contributed by atoms with Crippen molar-refractivity contribution in [3.8, 4) is 0 Å². The molecule has 0 aliphatic rings. The zero-order valence-electron chi connectivity index (χ0n) is 7.96. The summed E-state index contributed by atoms with van der Waals surface area (Å²) < 4.78 is 1.94. The molecule has 0 aliphatic heterocycles.